The first-order valence-corrected chi connectivity index (χ1v) is 10.7. The average molecular weight is 402 g/mol. The summed E-state index contributed by atoms with van der Waals surface area (Å²) in [6.07, 6.45) is 7.25. The molecule has 3 aromatic rings. The Morgan fingerprint density at radius 3 is 2.60 bits per heavy atom. The number of hydrogen-bond acceptors (Lipinski definition) is 4. The molecule has 30 heavy (non-hydrogen) atoms. The molecule has 2 aliphatic rings. The van der Waals surface area contributed by atoms with E-state index in [9.17, 15) is 9.59 Å². The first-order valence-electron chi connectivity index (χ1n) is 10.7. The fraction of sp³-hybridized carbons (Fsp3) is 0.375. The molecule has 0 saturated carbocycles. The molecule has 6 nitrogen and oxygen atoms in total. The molecule has 1 unspecified atom stereocenters. The van der Waals surface area contributed by atoms with E-state index in [0.717, 1.165) is 38.8 Å². The normalized spacial score (nSPS) is 19.7. The SMILES string of the molecule is CN(C(=O)c1cnc2ccccn2c1=O)C1CCCN(C2Cc3ccccc3C2)C1. The molecular formula is C24H26N4O2. The van der Waals surface area contributed by atoms with Crippen LogP contribution in [-0.4, -0.2) is 57.3 Å². The van der Waals surface area contributed by atoms with Crippen molar-refractivity contribution in [3.8, 4) is 0 Å². The van der Waals surface area contributed by atoms with Gasteiger partial charge in [-0.05, 0) is 55.5 Å². The Balaban J connectivity index is 1.33. The van der Waals surface area contributed by atoms with E-state index in [2.05, 4.69) is 34.1 Å². The van der Waals surface area contributed by atoms with Gasteiger partial charge in [0, 0.05) is 38.1 Å². The molecule has 1 saturated heterocycles. The predicted molar refractivity (Wildman–Crippen MR) is 116 cm³/mol. The van der Waals surface area contributed by atoms with Crippen molar-refractivity contribution in [2.45, 2.75) is 37.8 Å². The van der Waals surface area contributed by atoms with E-state index >= 15 is 0 Å². The van der Waals surface area contributed by atoms with E-state index in [0.29, 0.717) is 11.7 Å². The van der Waals surface area contributed by atoms with E-state index < -0.39 is 0 Å². The van der Waals surface area contributed by atoms with Gasteiger partial charge in [-0.3, -0.25) is 18.9 Å². The Labute approximate surface area is 175 Å². The summed E-state index contributed by atoms with van der Waals surface area (Å²) in [5, 5.41) is 0. The lowest BCUT2D eigenvalue weighted by atomic mass is 10.0. The lowest BCUT2D eigenvalue weighted by molar-refractivity contribution is 0.0553. The van der Waals surface area contributed by atoms with Crippen molar-refractivity contribution in [2.75, 3.05) is 20.1 Å². The van der Waals surface area contributed by atoms with E-state index in [4.69, 9.17) is 0 Å². The van der Waals surface area contributed by atoms with Crippen LogP contribution in [0, 0.1) is 0 Å². The first kappa shape index (κ1) is 19.0. The number of likely N-dealkylation sites (N-methyl/N-ethyl adjacent to an activating group) is 1. The summed E-state index contributed by atoms with van der Waals surface area (Å²) < 4.78 is 1.43. The number of pyridine rings is 1. The highest BCUT2D eigenvalue weighted by atomic mass is 16.2. The summed E-state index contributed by atoms with van der Waals surface area (Å²) in [7, 11) is 1.82. The van der Waals surface area contributed by atoms with Gasteiger partial charge in [0.05, 0.1) is 0 Å². The van der Waals surface area contributed by atoms with Gasteiger partial charge in [0.15, 0.2) is 0 Å². The van der Waals surface area contributed by atoms with Gasteiger partial charge in [-0.2, -0.15) is 0 Å². The number of carbonyl (C=O) groups is 1. The number of rotatable bonds is 3. The molecule has 1 fully saturated rings. The van der Waals surface area contributed by atoms with Gasteiger partial charge in [-0.25, -0.2) is 4.98 Å². The maximum absolute atomic E-state index is 13.2. The van der Waals surface area contributed by atoms with Gasteiger partial charge in [-0.15, -0.1) is 0 Å². The van der Waals surface area contributed by atoms with Crippen molar-refractivity contribution in [1.29, 1.82) is 0 Å². The van der Waals surface area contributed by atoms with Crippen molar-refractivity contribution in [3.63, 3.8) is 0 Å². The third-order valence-corrected chi connectivity index (χ3v) is 6.69. The second-order valence-electron chi connectivity index (χ2n) is 8.44. The first-order chi connectivity index (χ1) is 14.6. The number of amides is 1. The van der Waals surface area contributed by atoms with Crippen LogP contribution in [0.25, 0.3) is 5.65 Å². The molecule has 3 heterocycles. The molecular weight excluding hydrogens is 376 g/mol. The minimum Gasteiger partial charge on any atom is -0.337 e. The largest absolute Gasteiger partial charge is 0.337 e. The number of hydrogen-bond donors (Lipinski definition) is 0. The van der Waals surface area contributed by atoms with Crippen LogP contribution >= 0.6 is 0 Å². The third kappa shape index (κ3) is 3.31. The Hall–Kier alpha value is -2.99. The summed E-state index contributed by atoms with van der Waals surface area (Å²) in [5.74, 6) is -0.243. The molecule has 1 atom stereocenters. The highest BCUT2D eigenvalue weighted by Gasteiger charge is 2.33. The topological polar surface area (TPSA) is 57.9 Å². The molecule has 0 N–H and O–H groups in total. The number of nitrogens with zero attached hydrogens (tertiary/aromatic N) is 4. The molecule has 1 aliphatic heterocycles. The highest BCUT2D eigenvalue weighted by Crippen LogP contribution is 2.28. The van der Waals surface area contributed by atoms with Gasteiger partial charge in [0.1, 0.15) is 11.2 Å². The zero-order valence-electron chi connectivity index (χ0n) is 17.2. The van der Waals surface area contributed by atoms with Crippen LogP contribution in [0.15, 0.2) is 59.7 Å². The van der Waals surface area contributed by atoms with Crippen LogP contribution in [-0.2, 0) is 12.8 Å². The zero-order valence-corrected chi connectivity index (χ0v) is 17.2. The van der Waals surface area contributed by atoms with Crippen molar-refractivity contribution < 1.29 is 4.79 Å². The van der Waals surface area contributed by atoms with Gasteiger partial charge in [0.25, 0.3) is 11.5 Å². The molecule has 0 spiro atoms. The molecule has 154 valence electrons. The van der Waals surface area contributed by atoms with E-state index in [1.54, 1.807) is 23.2 Å². The lowest BCUT2D eigenvalue weighted by Crippen LogP contribution is -2.52. The molecule has 6 heteroatoms. The average Bonchev–Trinajstić information content (AvgIpc) is 3.23. The third-order valence-electron chi connectivity index (χ3n) is 6.69. The molecule has 0 radical (unpaired) electrons. The standard InChI is InChI=1S/C24H26N4O2/c1-26(23(29)21-15-25-22-10-4-5-12-28(22)24(21)30)19-9-6-11-27(16-19)20-13-17-7-2-3-8-18(17)14-20/h2-5,7-8,10,12,15,19-20H,6,9,11,13-14,16H2,1H3. The number of piperidine rings is 1. The summed E-state index contributed by atoms with van der Waals surface area (Å²) in [6.45, 7) is 1.92. The number of fused-ring (bicyclic) bond motifs is 2. The van der Waals surface area contributed by atoms with Crippen LogP contribution in [0.5, 0.6) is 0 Å². The van der Waals surface area contributed by atoms with Gasteiger partial charge in [0.2, 0.25) is 0 Å². The van der Waals surface area contributed by atoms with Crippen LogP contribution in [0.4, 0.5) is 0 Å². The van der Waals surface area contributed by atoms with Gasteiger partial charge >= 0.3 is 0 Å². The van der Waals surface area contributed by atoms with Crippen LogP contribution in [0.2, 0.25) is 0 Å². The van der Waals surface area contributed by atoms with E-state index in [-0.39, 0.29) is 23.1 Å². The second kappa shape index (κ2) is 7.69. The van der Waals surface area contributed by atoms with E-state index in [1.165, 1.54) is 21.7 Å². The molecule has 5 rings (SSSR count). The van der Waals surface area contributed by atoms with Crippen LogP contribution in [0.3, 0.4) is 0 Å². The van der Waals surface area contributed by atoms with Crippen molar-refractivity contribution >= 4 is 11.6 Å². The fourth-order valence-electron chi connectivity index (χ4n) is 4.95. The van der Waals surface area contributed by atoms with Crippen LogP contribution in [0.1, 0.15) is 34.3 Å². The monoisotopic (exact) mass is 402 g/mol. The van der Waals surface area contributed by atoms with Crippen molar-refractivity contribution in [3.05, 3.63) is 81.9 Å². The smallest absolute Gasteiger partial charge is 0.270 e. The minimum absolute atomic E-state index is 0.103. The molecule has 0 bridgehead atoms. The number of aromatic nitrogens is 2. The van der Waals surface area contributed by atoms with Gasteiger partial charge in [-0.1, -0.05) is 30.3 Å². The summed E-state index contributed by atoms with van der Waals surface area (Å²) in [4.78, 5) is 34.6. The molecule has 1 aliphatic carbocycles. The molecule has 2 aromatic heterocycles. The molecule has 1 aromatic carbocycles. The second-order valence-corrected chi connectivity index (χ2v) is 8.44. The summed E-state index contributed by atoms with van der Waals surface area (Å²) in [5.41, 5.74) is 3.27. The summed E-state index contributed by atoms with van der Waals surface area (Å²) in [6, 6.07) is 14.6. The Kier molecular flexibility index (Phi) is 4.87. The molecule has 1 amide bonds. The Bertz CT molecular complexity index is 1130. The van der Waals surface area contributed by atoms with Gasteiger partial charge < -0.3 is 4.90 Å². The fourth-order valence-corrected chi connectivity index (χ4v) is 4.95. The van der Waals surface area contributed by atoms with Crippen molar-refractivity contribution in [1.82, 2.24) is 19.2 Å². The Morgan fingerprint density at radius 1 is 1.10 bits per heavy atom. The maximum atomic E-state index is 13.2. The predicted octanol–water partition coefficient (Wildman–Crippen LogP) is 2.40. The zero-order chi connectivity index (χ0) is 20.7. The minimum atomic E-state index is -0.309. The Morgan fingerprint density at radius 2 is 1.83 bits per heavy atom. The number of carbonyl (C=O) groups excluding carboxylic acids is 1. The highest BCUT2D eigenvalue weighted by molar-refractivity contribution is 5.93. The summed E-state index contributed by atoms with van der Waals surface area (Å²) >= 11 is 0. The maximum Gasteiger partial charge on any atom is 0.270 e. The van der Waals surface area contributed by atoms with Crippen LogP contribution < -0.4 is 5.56 Å². The number of benzene rings is 1. The van der Waals surface area contributed by atoms with E-state index in [1.807, 2.05) is 13.1 Å². The van der Waals surface area contributed by atoms with Crippen molar-refractivity contribution in [2.24, 2.45) is 0 Å². The number of likely N-dealkylation sites (tertiary alicyclic amines) is 1. The quantitative estimate of drug-likeness (QED) is 0.675. The lowest BCUT2D eigenvalue weighted by Gasteiger charge is -2.40.